The van der Waals surface area contributed by atoms with Crippen LogP contribution in [0.1, 0.15) is 25.1 Å². The number of carbonyl (C=O) groups excluding carboxylic acids is 1. The molecule has 0 spiro atoms. The average Bonchev–Trinajstić information content (AvgIpc) is 2.77. The summed E-state index contributed by atoms with van der Waals surface area (Å²) >= 11 is 11.9. The molecule has 2 N–H and O–H groups in total. The van der Waals surface area contributed by atoms with E-state index in [4.69, 9.17) is 27.9 Å². The Morgan fingerprint density at radius 2 is 2.00 bits per heavy atom. The van der Waals surface area contributed by atoms with Crippen molar-refractivity contribution in [3.63, 3.8) is 0 Å². The highest BCUT2D eigenvalue weighted by Gasteiger charge is 2.14. The molecule has 21 heavy (non-hydrogen) atoms. The van der Waals surface area contributed by atoms with Gasteiger partial charge in [0.1, 0.15) is 5.75 Å². The topological polar surface area (TPSA) is 67.0 Å². The van der Waals surface area contributed by atoms with Crippen molar-refractivity contribution in [3.8, 4) is 11.6 Å². The molecule has 0 aliphatic carbocycles. The summed E-state index contributed by atoms with van der Waals surface area (Å²) in [5.74, 6) is 0.867. The van der Waals surface area contributed by atoms with Gasteiger partial charge >= 0.3 is 0 Å². The van der Waals surface area contributed by atoms with Crippen LogP contribution in [0.15, 0.2) is 18.2 Å². The Bertz CT molecular complexity index is 635. The van der Waals surface area contributed by atoms with E-state index in [1.165, 1.54) is 6.92 Å². The van der Waals surface area contributed by atoms with Gasteiger partial charge in [-0.05, 0) is 24.6 Å². The number of rotatable bonds is 5. The van der Waals surface area contributed by atoms with Crippen LogP contribution in [0.3, 0.4) is 0 Å². The van der Waals surface area contributed by atoms with Gasteiger partial charge in [-0.15, -0.1) is 5.10 Å². The fourth-order valence-corrected chi connectivity index (χ4v) is 2.40. The standard InChI is InChI=1S/C14H15Cl2N3O2/c1-3-12-13(7-17-8(2)20)18-19-14(12)21-11-5-9(15)4-10(16)6-11/h4-6H,3,7H2,1-2H3,(H,17,20)(H,18,19). The summed E-state index contributed by atoms with van der Waals surface area (Å²) in [6.07, 6.45) is 0.717. The Kier molecular flexibility index (Phi) is 5.09. The molecule has 0 radical (unpaired) electrons. The number of nitrogens with zero attached hydrogens (tertiary/aromatic N) is 1. The summed E-state index contributed by atoms with van der Waals surface area (Å²) in [6, 6.07) is 4.95. The minimum Gasteiger partial charge on any atom is -0.437 e. The van der Waals surface area contributed by atoms with Crippen molar-refractivity contribution in [2.75, 3.05) is 0 Å². The molecule has 0 saturated heterocycles. The molecule has 2 aromatic rings. The molecule has 2 rings (SSSR count). The van der Waals surface area contributed by atoms with Crippen LogP contribution in [0.5, 0.6) is 11.6 Å². The zero-order chi connectivity index (χ0) is 15.4. The van der Waals surface area contributed by atoms with Crippen LogP contribution in [0.25, 0.3) is 0 Å². The van der Waals surface area contributed by atoms with E-state index in [1.54, 1.807) is 18.2 Å². The van der Waals surface area contributed by atoms with E-state index in [0.717, 1.165) is 17.7 Å². The van der Waals surface area contributed by atoms with Gasteiger partial charge in [0.05, 0.1) is 12.2 Å². The highest BCUT2D eigenvalue weighted by Crippen LogP contribution is 2.30. The number of amides is 1. The monoisotopic (exact) mass is 327 g/mol. The van der Waals surface area contributed by atoms with Crippen LogP contribution in [0, 0.1) is 0 Å². The lowest BCUT2D eigenvalue weighted by Gasteiger charge is -2.06. The quantitative estimate of drug-likeness (QED) is 0.879. The van der Waals surface area contributed by atoms with Gasteiger partial charge < -0.3 is 10.1 Å². The second-order valence-electron chi connectivity index (χ2n) is 4.46. The number of hydrogen-bond acceptors (Lipinski definition) is 3. The van der Waals surface area contributed by atoms with Gasteiger partial charge in [0, 0.05) is 22.5 Å². The van der Waals surface area contributed by atoms with Crippen molar-refractivity contribution < 1.29 is 9.53 Å². The molecule has 0 saturated carbocycles. The minimum atomic E-state index is -0.101. The summed E-state index contributed by atoms with van der Waals surface area (Å²) in [6.45, 7) is 3.83. The van der Waals surface area contributed by atoms with Gasteiger partial charge in [-0.2, -0.15) is 0 Å². The average molecular weight is 328 g/mol. The maximum absolute atomic E-state index is 11.0. The van der Waals surface area contributed by atoms with Crippen LogP contribution >= 0.6 is 23.2 Å². The lowest BCUT2D eigenvalue weighted by molar-refractivity contribution is -0.119. The number of ether oxygens (including phenoxy) is 1. The number of carbonyl (C=O) groups is 1. The van der Waals surface area contributed by atoms with E-state index in [-0.39, 0.29) is 5.91 Å². The van der Waals surface area contributed by atoms with Crippen LogP contribution in [0.2, 0.25) is 10.0 Å². The Morgan fingerprint density at radius 3 is 2.57 bits per heavy atom. The molecule has 1 aromatic carbocycles. The van der Waals surface area contributed by atoms with Crippen molar-refractivity contribution in [2.24, 2.45) is 0 Å². The summed E-state index contributed by atoms with van der Waals surface area (Å²) in [7, 11) is 0. The summed E-state index contributed by atoms with van der Waals surface area (Å²) in [5.41, 5.74) is 1.72. The van der Waals surface area contributed by atoms with Crippen molar-refractivity contribution in [2.45, 2.75) is 26.8 Å². The number of H-pyrrole nitrogens is 1. The smallest absolute Gasteiger partial charge is 0.241 e. The molecule has 7 heteroatoms. The normalized spacial score (nSPS) is 10.5. The number of benzene rings is 1. The molecule has 0 fully saturated rings. The molecule has 0 aliphatic rings. The molecular weight excluding hydrogens is 313 g/mol. The Morgan fingerprint density at radius 1 is 1.33 bits per heavy atom. The molecule has 1 aromatic heterocycles. The van der Waals surface area contributed by atoms with Crippen molar-refractivity contribution in [1.82, 2.24) is 15.5 Å². The first-order valence-corrected chi connectivity index (χ1v) is 7.19. The summed E-state index contributed by atoms with van der Waals surface area (Å²) < 4.78 is 5.73. The largest absolute Gasteiger partial charge is 0.437 e. The fourth-order valence-electron chi connectivity index (χ4n) is 1.89. The molecule has 0 bridgehead atoms. The van der Waals surface area contributed by atoms with Gasteiger partial charge in [0.15, 0.2) is 0 Å². The van der Waals surface area contributed by atoms with Crippen LogP contribution < -0.4 is 10.1 Å². The Hall–Kier alpha value is -1.72. The molecule has 0 atom stereocenters. The Labute approximate surface area is 132 Å². The van der Waals surface area contributed by atoms with Crippen LogP contribution in [-0.4, -0.2) is 16.1 Å². The van der Waals surface area contributed by atoms with Gasteiger partial charge in [-0.1, -0.05) is 30.1 Å². The minimum absolute atomic E-state index is 0.101. The first kappa shape index (κ1) is 15.7. The zero-order valence-corrected chi connectivity index (χ0v) is 13.2. The lowest BCUT2D eigenvalue weighted by Crippen LogP contribution is -2.19. The summed E-state index contributed by atoms with van der Waals surface area (Å²) in [5, 5.41) is 10.7. The lowest BCUT2D eigenvalue weighted by atomic mass is 10.2. The number of nitrogens with one attached hydrogen (secondary N) is 2. The number of aromatic amines is 1. The maximum atomic E-state index is 11.0. The van der Waals surface area contributed by atoms with E-state index < -0.39 is 0 Å². The van der Waals surface area contributed by atoms with Gasteiger partial charge in [-0.25, -0.2) is 0 Å². The number of hydrogen-bond donors (Lipinski definition) is 2. The second kappa shape index (κ2) is 6.83. The predicted octanol–water partition coefficient (Wildman–Crippen LogP) is 3.71. The third-order valence-corrected chi connectivity index (χ3v) is 3.27. The van der Waals surface area contributed by atoms with Gasteiger partial charge in [0.2, 0.25) is 11.8 Å². The van der Waals surface area contributed by atoms with Crippen molar-refractivity contribution >= 4 is 29.1 Å². The highest BCUT2D eigenvalue weighted by atomic mass is 35.5. The molecule has 0 aliphatic heterocycles. The molecule has 1 amide bonds. The maximum Gasteiger partial charge on any atom is 0.241 e. The third kappa shape index (κ3) is 4.12. The van der Waals surface area contributed by atoms with Crippen LogP contribution in [-0.2, 0) is 17.8 Å². The number of halogens is 2. The van der Waals surface area contributed by atoms with Crippen LogP contribution in [0.4, 0.5) is 0 Å². The molecule has 112 valence electrons. The van der Waals surface area contributed by atoms with Gasteiger partial charge in [0.25, 0.3) is 0 Å². The molecular formula is C14H15Cl2N3O2. The molecule has 5 nitrogen and oxygen atoms in total. The fraction of sp³-hybridized carbons (Fsp3) is 0.286. The third-order valence-electron chi connectivity index (χ3n) is 2.83. The predicted molar refractivity (Wildman–Crippen MR) is 82.0 cm³/mol. The first-order chi connectivity index (χ1) is 9.99. The zero-order valence-electron chi connectivity index (χ0n) is 11.7. The Balaban J connectivity index is 2.21. The van der Waals surface area contributed by atoms with E-state index in [9.17, 15) is 4.79 Å². The van der Waals surface area contributed by atoms with Crippen molar-refractivity contribution in [1.29, 1.82) is 0 Å². The van der Waals surface area contributed by atoms with Gasteiger partial charge in [-0.3, -0.25) is 9.89 Å². The van der Waals surface area contributed by atoms with Crippen molar-refractivity contribution in [3.05, 3.63) is 39.5 Å². The highest BCUT2D eigenvalue weighted by molar-refractivity contribution is 6.34. The van der Waals surface area contributed by atoms with E-state index >= 15 is 0 Å². The molecule has 0 unspecified atom stereocenters. The number of aromatic nitrogens is 2. The van der Waals surface area contributed by atoms with E-state index in [0.29, 0.717) is 28.2 Å². The van der Waals surface area contributed by atoms with E-state index in [1.807, 2.05) is 6.92 Å². The second-order valence-corrected chi connectivity index (χ2v) is 5.33. The summed E-state index contributed by atoms with van der Waals surface area (Å²) in [4.78, 5) is 11.0. The first-order valence-electron chi connectivity index (χ1n) is 6.44. The SMILES string of the molecule is CCc1c(Oc2cc(Cl)cc(Cl)c2)n[nH]c1CNC(C)=O. The molecule has 1 heterocycles. The van der Waals surface area contributed by atoms with E-state index in [2.05, 4.69) is 15.5 Å².